The summed E-state index contributed by atoms with van der Waals surface area (Å²) in [4.78, 5) is 5.62. The maximum atomic E-state index is 13.4. The van der Waals surface area contributed by atoms with E-state index in [1.54, 1.807) is 0 Å². The third kappa shape index (κ3) is 1.71. The lowest BCUT2D eigenvalue weighted by Gasteiger charge is -2.27. The van der Waals surface area contributed by atoms with E-state index in [4.69, 9.17) is 0 Å². The van der Waals surface area contributed by atoms with Crippen molar-refractivity contribution in [3.8, 4) is 0 Å². The lowest BCUT2D eigenvalue weighted by Crippen LogP contribution is -3.05. The minimum atomic E-state index is -2.42. The van der Waals surface area contributed by atoms with Gasteiger partial charge in [0.2, 0.25) is 5.82 Å². The molecule has 19 heavy (non-hydrogen) atoms. The molecule has 2 saturated heterocycles. The van der Waals surface area contributed by atoms with Crippen molar-refractivity contribution in [2.75, 3.05) is 26.2 Å². The monoisotopic (exact) mass is 266 g/mol. The predicted molar refractivity (Wildman–Crippen MR) is 66.8 cm³/mol. The first-order valence-electron chi connectivity index (χ1n) is 6.99. The number of hydrogen-bond acceptors (Lipinski definition) is 2. The van der Waals surface area contributed by atoms with E-state index in [9.17, 15) is 8.78 Å². The van der Waals surface area contributed by atoms with Gasteiger partial charge in [0, 0.05) is 44.1 Å². The summed E-state index contributed by atoms with van der Waals surface area (Å²) in [7, 11) is 0. The molecule has 1 spiro atoms. The fraction of sp³-hybridized carbons (Fsp3) is 0.643. The Morgan fingerprint density at radius 3 is 2.58 bits per heavy atom. The zero-order chi connectivity index (χ0) is 13.1. The van der Waals surface area contributed by atoms with Gasteiger partial charge in [-0.25, -0.2) is 13.8 Å². The van der Waals surface area contributed by atoms with Crippen LogP contribution in [-0.2, 0) is 0 Å². The average Bonchev–Trinajstić information content (AvgIpc) is 2.69. The van der Waals surface area contributed by atoms with Gasteiger partial charge in [-0.1, -0.05) is 0 Å². The summed E-state index contributed by atoms with van der Waals surface area (Å²) in [6.45, 7) is 3.37. The van der Waals surface area contributed by atoms with E-state index in [0.29, 0.717) is 18.9 Å². The van der Waals surface area contributed by atoms with Crippen LogP contribution in [0.1, 0.15) is 24.3 Å². The summed E-state index contributed by atoms with van der Waals surface area (Å²) in [6, 6.07) is 4.12. The van der Waals surface area contributed by atoms with Crippen molar-refractivity contribution in [2.45, 2.75) is 24.7 Å². The van der Waals surface area contributed by atoms with Gasteiger partial charge in [0.1, 0.15) is 0 Å². The van der Waals surface area contributed by atoms with Crippen LogP contribution in [0.15, 0.2) is 18.3 Å². The Morgan fingerprint density at radius 2 is 2.11 bits per heavy atom. The first-order valence-corrected chi connectivity index (χ1v) is 6.99. The zero-order valence-electron chi connectivity index (χ0n) is 10.8. The molecule has 4 rings (SSSR count). The van der Waals surface area contributed by atoms with Crippen LogP contribution in [0.5, 0.6) is 0 Å². The number of halogens is 2. The molecular formula is C14H18F2N3+. The summed E-state index contributed by atoms with van der Waals surface area (Å²) in [5.41, 5.74) is 0.549. The quantitative estimate of drug-likeness (QED) is 0.826. The molecule has 5 heteroatoms. The molecule has 1 aromatic heterocycles. The number of hydrogen-bond donors (Lipinski definition) is 2. The number of quaternary nitrogens is 1. The highest BCUT2D eigenvalue weighted by molar-refractivity contribution is 5.27. The van der Waals surface area contributed by atoms with Gasteiger partial charge in [-0.2, -0.15) is 0 Å². The fourth-order valence-electron chi connectivity index (χ4n) is 3.42. The van der Waals surface area contributed by atoms with Gasteiger partial charge in [-0.3, -0.25) is 4.90 Å². The van der Waals surface area contributed by atoms with Crippen LogP contribution in [-0.4, -0.2) is 37.1 Å². The van der Waals surface area contributed by atoms with Crippen molar-refractivity contribution in [2.24, 2.45) is 5.41 Å². The van der Waals surface area contributed by atoms with E-state index >= 15 is 0 Å². The Bertz CT molecular complexity index is 498. The molecule has 3 heterocycles. The zero-order valence-corrected chi connectivity index (χ0v) is 10.8. The molecule has 3 nitrogen and oxygen atoms in total. The van der Waals surface area contributed by atoms with Crippen molar-refractivity contribution in [3.05, 3.63) is 23.9 Å². The van der Waals surface area contributed by atoms with Gasteiger partial charge < -0.3 is 5.32 Å². The topological polar surface area (TPSA) is 29.4 Å². The van der Waals surface area contributed by atoms with E-state index in [1.807, 2.05) is 12.3 Å². The highest BCUT2D eigenvalue weighted by atomic mass is 19.3. The van der Waals surface area contributed by atoms with E-state index in [-0.39, 0.29) is 6.42 Å². The number of alkyl halides is 2. The molecule has 0 radical (unpaired) electrons. The lowest BCUT2D eigenvalue weighted by molar-refractivity contribution is -0.823. The molecular weight excluding hydrogens is 248 g/mol. The Balaban J connectivity index is 1.48. The molecule has 0 amide bonds. The highest BCUT2D eigenvalue weighted by Gasteiger charge is 2.75. The molecule has 1 aliphatic carbocycles. The molecule has 0 bridgehead atoms. The minimum Gasteiger partial charge on any atom is -0.315 e. The van der Waals surface area contributed by atoms with Gasteiger partial charge >= 0.3 is 0 Å². The fourth-order valence-corrected chi connectivity index (χ4v) is 3.42. The number of pyridine rings is 1. The molecule has 3 aliphatic rings. The summed E-state index contributed by atoms with van der Waals surface area (Å²) in [6.07, 6.45) is 2.63. The van der Waals surface area contributed by atoms with Crippen LogP contribution in [0.25, 0.3) is 0 Å². The lowest BCUT2D eigenvalue weighted by atomic mass is 9.95. The van der Waals surface area contributed by atoms with Crippen LogP contribution in [0.3, 0.4) is 0 Å². The van der Waals surface area contributed by atoms with Gasteiger partial charge in [-0.15, -0.1) is 0 Å². The second-order valence-corrected chi connectivity index (χ2v) is 6.27. The third-order valence-electron chi connectivity index (χ3n) is 5.07. The second kappa shape index (κ2) is 3.73. The van der Waals surface area contributed by atoms with E-state index < -0.39 is 11.3 Å². The Morgan fingerprint density at radius 1 is 1.32 bits per heavy atom. The molecule has 102 valence electrons. The largest absolute Gasteiger partial charge is 0.315 e. The molecule has 1 aromatic rings. The Hall–Kier alpha value is -1.07. The second-order valence-electron chi connectivity index (χ2n) is 6.27. The maximum absolute atomic E-state index is 13.4. The van der Waals surface area contributed by atoms with Gasteiger partial charge in [0.25, 0.3) is 5.92 Å². The highest BCUT2D eigenvalue weighted by Crippen LogP contribution is 2.62. The van der Waals surface area contributed by atoms with Crippen LogP contribution in [0.4, 0.5) is 14.6 Å². The molecule has 2 N–H and O–H groups in total. The Kier molecular flexibility index (Phi) is 2.30. The molecule has 2 aliphatic heterocycles. The standard InChI is InChI=1S/C14H17F2N3/c15-14(16)8-13(14)3-4-19(9-13)12-2-1-10(7-18-12)11-5-17-6-11/h1-2,7,11,17H,3-6,8-9H2/p+1. The van der Waals surface area contributed by atoms with E-state index in [0.717, 1.165) is 30.4 Å². The first-order chi connectivity index (χ1) is 9.10. The smallest absolute Gasteiger partial charge is 0.260 e. The number of nitrogens with one attached hydrogen (secondary N) is 2. The molecule has 1 saturated carbocycles. The van der Waals surface area contributed by atoms with E-state index in [2.05, 4.69) is 16.4 Å². The number of nitrogens with zero attached hydrogens (tertiary/aromatic N) is 1. The number of aromatic nitrogens is 1. The summed E-state index contributed by atoms with van der Waals surface area (Å²) >= 11 is 0. The van der Waals surface area contributed by atoms with Crippen molar-refractivity contribution in [1.29, 1.82) is 0 Å². The van der Waals surface area contributed by atoms with E-state index in [1.165, 1.54) is 5.56 Å². The van der Waals surface area contributed by atoms with Crippen LogP contribution in [0.2, 0.25) is 0 Å². The summed E-state index contributed by atoms with van der Waals surface area (Å²) < 4.78 is 26.7. The number of rotatable bonds is 2. The average molecular weight is 266 g/mol. The van der Waals surface area contributed by atoms with Crippen LogP contribution < -0.4 is 10.2 Å². The SMILES string of the molecule is FC1(F)CC12CC[NH+](c1ccc(C3CNC3)cn1)C2. The van der Waals surface area contributed by atoms with Crippen molar-refractivity contribution in [1.82, 2.24) is 10.3 Å². The molecule has 3 fully saturated rings. The Labute approximate surface area is 111 Å². The van der Waals surface area contributed by atoms with Crippen molar-refractivity contribution < 1.29 is 13.7 Å². The van der Waals surface area contributed by atoms with Gasteiger partial charge in [0.15, 0.2) is 0 Å². The van der Waals surface area contributed by atoms with Crippen LogP contribution in [0, 0.1) is 5.41 Å². The normalized spacial score (nSPS) is 36.4. The van der Waals surface area contributed by atoms with Crippen molar-refractivity contribution in [3.63, 3.8) is 0 Å². The maximum Gasteiger partial charge on any atom is 0.260 e. The van der Waals surface area contributed by atoms with Gasteiger partial charge in [-0.05, 0) is 11.6 Å². The third-order valence-corrected chi connectivity index (χ3v) is 5.07. The van der Waals surface area contributed by atoms with Crippen molar-refractivity contribution >= 4 is 5.82 Å². The summed E-state index contributed by atoms with van der Waals surface area (Å²) in [5, 5.41) is 3.24. The first kappa shape index (κ1) is 11.7. The molecule has 2 atom stereocenters. The van der Waals surface area contributed by atoms with Crippen LogP contribution >= 0.6 is 0 Å². The predicted octanol–water partition coefficient (Wildman–Crippen LogP) is 0.714. The summed E-state index contributed by atoms with van der Waals surface area (Å²) in [5.74, 6) is -0.920. The molecule has 0 aromatic carbocycles. The minimum absolute atomic E-state index is 0.0787. The van der Waals surface area contributed by atoms with Gasteiger partial charge in [0.05, 0.1) is 18.5 Å². The molecule has 2 unspecified atom stereocenters.